The number of aromatic nitrogens is 2. The van der Waals surface area contributed by atoms with Crippen molar-refractivity contribution >= 4 is 40.7 Å². The van der Waals surface area contributed by atoms with Gasteiger partial charge in [-0.15, -0.1) is 0 Å². The van der Waals surface area contributed by atoms with Gasteiger partial charge in [-0.25, -0.2) is 4.68 Å². The highest BCUT2D eigenvalue weighted by Crippen LogP contribution is 2.41. The lowest BCUT2D eigenvalue weighted by molar-refractivity contribution is 0.518. The molecule has 2 atom stereocenters. The van der Waals surface area contributed by atoms with Gasteiger partial charge in [0.25, 0.3) is 5.56 Å². The highest BCUT2D eigenvalue weighted by Gasteiger charge is 2.27. The molecule has 4 nitrogen and oxygen atoms in total. The maximum Gasteiger partial charge on any atom is 0.291 e. The molecule has 7 heteroatoms. The first-order valence-electron chi connectivity index (χ1n) is 9.02. The van der Waals surface area contributed by atoms with Crippen molar-refractivity contribution in [1.29, 1.82) is 0 Å². The number of fused-ring (bicyclic) bond motifs is 1. The monoisotopic (exact) mass is 431 g/mol. The Bertz CT molecular complexity index is 1060. The molecule has 0 bridgehead atoms. The summed E-state index contributed by atoms with van der Waals surface area (Å²) in [6, 6.07) is 15.3. The van der Waals surface area contributed by atoms with Crippen LogP contribution in [0.25, 0.3) is 11.3 Å². The Morgan fingerprint density at radius 3 is 2.36 bits per heavy atom. The van der Waals surface area contributed by atoms with Crippen molar-refractivity contribution in [2.75, 3.05) is 5.32 Å². The van der Waals surface area contributed by atoms with Crippen LogP contribution < -0.4 is 10.9 Å². The molecule has 1 aliphatic rings. The zero-order valence-electron chi connectivity index (χ0n) is 15.4. The van der Waals surface area contributed by atoms with Crippen molar-refractivity contribution in [2.24, 2.45) is 0 Å². The van der Waals surface area contributed by atoms with Crippen molar-refractivity contribution in [2.45, 2.75) is 36.6 Å². The second-order valence-corrected chi connectivity index (χ2v) is 9.13. The summed E-state index contributed by atoms with van der Waals surface area (Å²) in [6.07, 6.45) is 0. The van der Waals surface area contributed by atoms with Gasteiger partial charge in [0.05, 0.1) is 16.8 Å². The maximum atomic E-state index is 13.0. The van der Waals surface area contributed by atoms with Crippen LogP contribution in [0.15, 0.2) is 58.2 Å². The summed E-state index contributed by atoms with van der Waals surface area (Å²) in [7, 11) is 0. The molecule has 0 amide bonds. The topological polar surface area (TPSA) is 46.9 Å². The normalized spacial score (nSPS) is 16.5. The Kier molecular flexibility index (Phi) is 5.41. The molecule has 2 heterocycles. The Labute approximate surface area is 177 Å². The fourth-order valence-electron chi connectivity index (χ4n) is 3.28. The van der Waals surface area contributed by atoms with Crippen molar-refractivity contribution in [3.05, 3.63) is 74.5 Å². The summed E-state index contributed by atoms with van der Waals surface area (Å²) in [5.41, 5.74) is 3.39. The third-order valence-electron chi connectivity index (χ3n) is 4.76. The summed E-state index contributed by atoms with van der Waals surface area (Å²) in [4.78, 5) is 13.9. The molecule has 0 radical (unpaired) electrons. The van der Waals surface area contributed by atoms with Gasteiger partial charge >= 0.3 is 0 Å². The number of benzene rings is 2. The number of halogens is 2. The van der Waals surface area contributed by atoms with E-state index in [2.05, 4.69) is 12.2 Å². The van der Waals surface area contributed by atoms with E-state index in [1.54, 1.807) is 16.4 Å². The van der Waals surface area contributed by atoms with Crippen LogP contribution in [0, 0.1) is 0 Å². The predicted molar refractivity (Wildman–Crippen MR) is 118 cm³/mol. The van der Waals surface area contributed by atoms with Gasteiger partial charge in [0.2, 0.25) is 0 Å². The van der Waals surface area contributed by atoms with Crippen LogP contribution in [-0.4, -0.2) is 15.2 Å². The van der Waals surface area contributed by atoms with Crippen LogP contribution in [-0.2, 0) is 6.54 Å². The predicted octanol–water partition coefficient (Wildman–Crippen LogP) is 5.88. The van der Waals surface area contributed by atoms with E-state index in [-0.39, 0.29) is 16.9 Å². The standard InChI is InChI=1S/C21H19Cl2N3OS/c1-12(14-3-7-16(22)8-4-14)11-26-21(27)19-20(28-13(2)24-19)18(25-26)15-5-9-17(23)10-6-15/h3-10,12-13,24H,11H2,1-2H3. The number of hydrogen-bond acceptors (Lipinski definition) is 4. The molecule has 0 saturated carbocycles. The summed E-state index contributed by atoms with van der Waals surface area (Å²) in [5, 5.41) is 9.52. The minimum Gasteiger partial charge on any atom is -0.368 e. The zero-order valence-corrected chi connectivity index (χ0v) is 17.8. The van der Waals surface area contributed by atoms with Gasteiger partial charge in [-0.2, -0.15) is 5.10 Å². The molecule has 1 aromatic heterocycles. The average molecular weight is 432 g/mol. The minimum atomic E-state index is -0.0922. The summed E-state index contributed by atoms with van der Waals surface area (Å²) >= 11 is 13.7. The fraction of sp³-hybridized carbons (Fsp3) is 0.238. The molecule has 1 aliphatic heterocycles. The fourth-order valence-corrected chi connectivity index (χ4v) is 4.60. The summed E-state index contributed by atoms with van der Waals surface area (Å²) < 4.78 is 1.56. The lowest BCUT2D eigenvalue weighted by atomic mass is 10.0. The van der Waals surface area contributed by atoms with Crippen LogP contribution in [0.4, 0.5) is 5.69 Å². The van der Waals surface area contributed by atoms with E-state index in [1.165, 1.54) is 0 Å². The smallest absolute Gasteiger partial charge is 0.291 e. The third-order valence-corrected chi connectivity index (χ3v) is 6.37. The van der Waals surface area contributed by atoms with Gasteiger partial charge in [0.1, 0.15) is 11.4 Å². The maximum absolute atomic E-state index is 13.0. The SMILES string of the molecule is CC1Nc2c(c(-c3ccc(Cl)cc3)nn(CC(C)c3ccc(Cl)cc3)c2=O)S1. The molecule has 144 valence electrons. The second kappa shape index (κ2) is 7.82. The van der Waals surface area contributed by atoms with Crippen LogP contribution in [0.1, 0.15) is 25.3 Å². The van der Waals surface area contributed by atoms with Gasteiger partial charge in [0.15, 0.2) is 0 Å². The van der Waals surface area contributed by atoms with Crippen molar-refractivity contribution in [1.82, 2.24) is 9.78 Å². The number of rotatable bonds is 4. The molecular formula is C21H19Cl2N3OS. The summed E-state index contributed by atoms with van der Waals surface area (Å²) in [6.45, 7) is 4.60. The molecule has 2 aromatic carbocycles. The first-order chi connectivity index (χ1) is 13.4. The molecule has 0 spiro atoms. The molecule has 3 aromatic rings. The lowest BCUT2D eigenvalue weighted by Crippen LogP contribution is -2.28. The Morgan fingerprint density at radius 1 is 1.11 bits per heavy atom. The Balaban J connectivity index is 1.76. The van der Waals surface area contributed by atoms with Crippen LogP contribution in [0.5, 0.6) is 0 Å². The molecule has 4 rings (SSSR count). The van der Waals surface area contributed by atoms with Gasteiger partial charge in [-0.1, -0.05) is 66.2 Å². The van der Waals surface area contributed by atoms with Crippen LogP contribution in [0.3, 0.4) is 0 Å². The highest BCUT2D eigenvalue weighted by molar-refractivity contribution is 8.00. The molecular weight excluding hydrogens is 413 g/mol. The second-order valence-electron chi connectivity index (χ2n) is 6.90. The van der Waals surface area contributed by atoms with Crippen molar-refractivity contribution in [3.63, 3.8) is 0 Å². The van der Waals surface area contributed by atoms with Crippen molar-refractivity contribution < 1.29 is 0 Å². The Hall–Kier alpha value is -1.95. The van der Waals surface area contributed by atoms with Crippen molar-refractivity contribution in [3.8, 4) is 11.3 Å². The first kappa shape index (κ1) is 19.4. The average Bonchev–Trinajstić information content (AvgIpc) is 3.07. The van der Waals surface area contributed by atoms with Gasteiger partial charge in [0, 0.05) is 21.5 Å². The lowest BCUT2D eigenvalue weighted by Gasteiger charge is -2.16. The number of anilines is 1. The van der Waals surface area contributed by atoms with E-state index < -0.39 is 0 Å². The van der Waals surface area contributed by atoms with Gasteiger partial charge < -0.3 is 5.32 Å². The van der Waals surface area contributed by atoms with Gasteiger partial charge in [-0.05, 0) is 36.8 Å². The molecule has 2 unspecified atom stereocenters. The van der Waals surface area contributed by atoms with E-state index in [1.807, 2.05) is 55.5 Å². The third kappa shape index (κ3) is 3.79. The molecule has 0 aliphatic carbocycles. The molecule has 28 heavy (non-hydrogen) atoms. The Morgan fingerprint density at radius 2 is 1.71 bits per heavy atom. The molecule has 1 N–H and O–H groups in total. The summed E-state index contributed by atoms with van der Waals surface area (Å²) in [5.74, 6) is 0.116. The number of thioether (sulfide) groups is 1. The molecule has 0 fully saturated rings. The zero-order chi connectivity index (χ0) is 19.8. The van der Waals surface area contributed by atoms with Gasteiger partial charge in [-0.3, -0.25) is 4.79 Å². The first-order valence-corrected chi connectivity index (χ1v) is 10.7. The number of hydrogen-bond donors (Lipinski definition) is 1. The van der Waals surface area contributed by atoms with E-state index in [0.717, 1.165) is 21.7 Å². The van der Waals surface area contributed by atoms with E-state index in [9.17, 15) is 4.79 Å². The molecule has 0 saturated heterocycles. The van der Waals surface area contributed by atoms with E-state index in [4.69, 9.17) is 28.3 Å². The quantitative estimate of drug-likeness (QED) is 0.559. The van der Waals surface area contributed by atoms with E-state index >= 15 is 0 Å². The minimum absolute atomic E-state index is 0.0922. The number of nitrogens with zero attached hydrogens (tertiary/aromatic N) is 2. The highest BCUT2D eigenvalue weighted by atomic mass is 35.5. The van der Waals surface area contributed by atoms with Crippen LogP contribution in [0.2, 0.25) is 10.0 Å². The number of nitrogens with one attached hydrogen (secondary N) is 1. The van der Waals surface area contributed by atoms with Crippen LogP contribution >= 0.6 is 35.0 Å². The van der Waals surface area contributed by atoms with E-state index in [0.29, 0.717) is 22.3 Å². The largest absolute Gasteiger partial charge is 0.368 e.